The largest absolute Gasteiger partial charge is 0.495 e. The second kappa shape index (κ2) is 7.32. The molecule has 5 nitrogen and oxygen atoms in total. The lowest BCUT2D eigenvalue weighted by atomic mass is 10.3. The van der Waals surface area contributed by atoms with E-state index in [2.05, 4.69) is 20.7 Å². The number of halogens is 3. The van der Waals surface area contributed by atoms with E-state index in [-0.39, 0.29) is 28.2 Å². The average Bonchev–Trinajstić information content (AvgIpc) is 3.34. The summed E-state index contributed by atoms with van der Waals surface area (Å²) in [4.78, 5) is 0.00348. The Bertz CT molecular complexity index is 893. The van der Waals surface area contributed by atoms with Gasteiger partial charge in [0.1, 0.15) is 16.4 Å². The summed E-state index contributed by atoms with van der Waals surface area (Å²) in [7, 11) is -2.30. The maximum absolute atomic E-state index is 12.5. The van der Waals surface area contributed by atoms with Gasteiger partial charge in [-0.05, 0) is 37.1 Å². The Morgan fingerprint density at radius 3 is 2.36 bits per heavy atom. The van der Waals surface area contributed by atoms with Crippen molar-refractivity contribution in [3.63, 3.8) is 0 Å². The quantitative estimate of drug-likeness (QED) is 0.650. The van der Waals surface area contributed by atoms with Gasteiger partial charge < -0.3 is 9.47 Å². The van der Waals surface area contributed by atoms with Crippen LogP contribution >= 0.6 is 39.1 Å². The van der Waals surface area contributed by atoms with Crippen LogP contribution in [0.3, 0.4) is 0 Å². The molecule has 2 aromatic carbocycles. The molecule has 1 N–H and O–H groups in total. The van der Waals surface area contributed by atoms with E-state index in [1.165, 1.54) is 19.2 Å². The normalized spacial score (nSPS) is 14.4. The van der Waals surface area contributed by atoms with Crippen LogP contribution in [0, 0.1) is 0 Å². The number of hydrogen-bond acceptors (Lipinski definition) is 4. The Hall–Kier alpha value is -0.990. The van der Waals surface area contributed by atoms with E-state index in [0.29, 0.717) is 14.5 Å². The first kappa shape index (κ1) is 18.8. The minimum absolute atomic E-state index is 0.00348. The van der Waals surface area contributed by atoms with Gasteiger partial charge >= 0.3 is 0 Å². The third-order valence-electron chi connectivity index (χ3n) is 3.51. The zero-order chi connectivity index (χ0) is 18.2. The molecule has 0 spiro atoms. The smallest absolute Gasteiger partial charge is 0.244 e. The predicted octanol–water partition coefficient (Wildman–Crippen LogP) is 5.00. The van der Waals surface area contributed by atoms with Crippen molar-refractivity contribution in [3.8, 4) is 17.2 Å². The van der Waals surface area contributed by atoms with E-state index in [1.807, 2.05) is 0 Å². The second-order valence-electron chi connectivity index (χ2n) is 5.51. The van der Waals surface area contributed by atoms with E-state index < -0.39 is 10.0 Å². The Labute approximate surface area is 164 Å². The van der Waals surface area contributed by atoms with Gasteiger partial charge in [0.25, 0.3) is 0 Å². The molecule has 0 bridgehead atoms. The zero-order valence-electron chi connectivity index (χ0n) is 13.1. The molecule has 134 valence electrons. The van der Waals surface area contributed by atoms with Gasteiger partial charge in [-0.3, -0.25) is 0 Å². The molecule has 0 amide bonds. The van der Waals surface area contributed by atoms with Gasteiger partial charge in [0.2, 0.25) is 10.0 Å². The van der Waals surface area contributed by atoms with Crippen LogP contribution in [0.5, 0.6) is 17.2 Å². The summed E-state index contributed by atoms with van der Waals surface area (Å²) < 4.78 is 39.3. The van der Waals surface area contributed by atoms with E-state index in [1.54, 1.807) is 18.2 Å². The fraction of sp³-hybridized carbons (Fsp3) is 0.250. The number of hydrogen-bond donors (Lipinski definition) is 1. The minimum Gasteiger partial charge on any atom is -0.495 e. The van der Waals surface area contributed by atoms with Gasteiger partial charge in [-0.1, -0.05) is 39.1 Å². The molecule has 0 radical (unpaired) electrons. The molecule has 1 saturated carbocycles. The fourth-order valence-electron chi connectivity index (χ4n) is 2.16. The molecule has 3 rings (SSSR count). The van der Waals surface area contributed by atoms with Gasteiger partial charge in [-0.2, -0.15) is 0 Å². The lowest BCUT2D eigenvalue weighted by molar-refractivity contribution is 0.399. The van der Waals surface area contributed by atoms with E-state index >= 15 is 0 Å². The van der Waals surface area contributed by atoms with Crippen molar-refractivity contribution in [3.05, 3.63) is 44.8 Å². The van der Waals surface area contributed by atoms with Crippen LogP contribution in [-0.2, 0) is 10.0 Å². The summed E-state index contributed by atoms with van der Waals surface area (Å²) >= 11 is 15.6. The van der Waals surface area contributed by atoms with Crippen molar-refractivity contribution in [2.24, 2.45) is 0 Å². The molecule has 0 aliphatic heterocycles. The van der Waals surface area contributed by atoms with Crippen molar-refractivity contribution in [1.82, 2.24) is 4.72 Å². The number of rotatable bonds is 6. The first-order chi connectivity index (χ1) is 11.8. The monoisotopic (exact) mass is 465 g/mol. The fourth-order valence-corrected chi connectivity index (χ4v) is 4.93. The highest BCUT2D eigenvalue weighted by molar-refractivity contribution is 9.10. The predicted molar refractivity (Wildman–Crippen MR) is 101 cm³/mol. The van der Waals surface area contributed by atoms with Crippen LogP contribution in [0.15, 0.2) is 39.7 Å². The highest BCUT2D eigenvalue weighted by Crippen LogP contribution is 2.40. The van der Waals surface area contributed by atoms with Crippen molar-refractivity contribution in [2.75, 3.05) is 7.11 Å². The number of ether oxygens (including phenoxy) is 2. The van der Waals surface area contributed by atoms with Gasteiger partial charge in [-0.25, -0.2) is 13.1 Å². The van der Waals surface area contributed by atoms with Crippen LogP contribution in [0.1, 0.15) is 12.8 Å². The molecule has 1 aliphatic carbocycles. The third-order valence-corrected chi connectivity index (χ3v) is 6.07. The van der Waals surface area contributed by atoms with Crippen molar-refractivity contribution in [2.45, 2.75) is 23.8 Å². The maximum Gasteiger partial charge on any atom is 0.244 e. The average molecular weight is 467 g/mol. The molecule has 2 aromatic rings. The Kier molecular flexibility index (Phi) is 5.51. The number of benzene rings is 2. The Morgan fingerprint density at radius 1 is 1.16 bits per heavy atom. The highest BCUT2D eigenvalue weighted by atomic mass is 79.9. The first-order valence-electron chi connectivity index (χ1n) is 7.33. The van der Waals surface area contributed by atoms with Crippen LogP contribution < -0.4 is 14.2 Å². The SMILES string of the molecule is COc1ccc(Oc2c(Cl)cc(Br)cc2Cl)cc1S(=O)(=O)NC1CC1. The summed E-state index contributed by atoms with van der Waals surface area (Å²) in [6, 6.07) is 7.76. The molecule has 1 fully saturated rings. The Balaban J connectivity index is 1.97. The number of sulfonamides is 1. The van der Waals surface area contributed by atoms with Gasteiger partial charge in [0.05, 0.1) is 17.2 Å². The van der Waals surface area contributed by atoms with Crippen LogP contribution in [-0.4, -0.2) is 21.6 Å². The lowest BCUT2D eigenvalue weighted by Gasteiger charge is -2.14. The summed E-state index contributed by atoms with van der Waals surface area (Å²) in [6.07, 6.45) is 1.67. The molecular formula is C16H14BrCl2NO4S. The second-order valence-corrected chi connectivity index (χ2v) is 8.92. The van der Waals surface area contributed by atoms with Crippen molar-refractivity contribution in [1.29, 1.82) is 0 Å². The molecule has 25 heavy (non-hydrogen) atoms. The molecule has 0 unspecified atom stereocenters. The maximum atomic E-state index is 12.5. The summed E-state index contributed by atoms with van der Waals surface area (Å²) in [6.45, 7) is 0. The number of nitrogens with one attached hydrogen (secondary N) is 1. The van der Waals surface area contributed by atoms with Gasteiger partial charge in [-0.15, -0.1) is 0 Å². The molecule has 9 heteroatoms. The molecule has 0 aromatic heterocycles. The van der Waals surface area contributed by atoms with Crippen molar-refractivity contribution >= 4 is 49.2 Å². The van der Waals surface area contributed by atoms with E-state index in [4.69, 9.17) is 32.7 Å². The zero-order valence-corrected chi connectivity index (χ0v) is 17.0. The summed E-state index contributed by atoms with van der Waals surface area (Å²) in [5.74, 6) is 0.756. The number of methoxy groups -OCH3 is 1. The summed E-state index contributed by atoms with van der Waals surface area (Å²) in [5.41, 5.74) is 0. The third kappa shape index (κ3) is 4.41. The minimum atomic E-state index is -3.71. The highest BCUT2D eigenvalue weighted by Gasteiger charge is 2.30. The molecule has 0 atom stereocenters. The van der Waals surface area contributed by atoms with Crippen LogP contribution in [0.4, 0.5) is 0 Å². The topological polar surface area (TPSA) is 64.6 Å². The van der Waals surface area contributed by atoms with Gasteiger partial charge in [0.15, 0.2) is 5.75 Å². The van der Waals surface area contributed by atoms with Gasteiger partial charge in [0, 0.05) is 16.6 Å². The summed E-state index contributed by atoms with van der Waals surface area (Å²) in [5, 5.41) is 0.603. The van der Waals surface area contributed by atoms with E-state index in [9.17, 15) is 8.42 Å². The van der Waals surface area contributed by atoms with Crippen LogP contribution in [0.25, 0.3) is 0 Å². The molecule has 0 saturated heterocycles. The van der Waals surface area contributed by atoms with E-state index in [0.717, 1.165) is 12.8 Å². The standard InChI is InChI=1S/C16H14BrCl2NO4S/c1-23-14-5-4-11(8-15(14)25(21,22)20-10-2-3-10)24-16-12(18)6-9(17)7-13(16)19/h4-8,10,20H,2-3H2,1H3. The molecular weight excluding hydrogens is 453 g/mol. The molecule has 0 heterocycles. The Morgan fingerprint density at radius 2 is 1.80 bits per heavy atom. The molecule has 1 aliphatic rings. The van der Waals surface area contributed by atoms with Crippen LogP contribution in [0.2, 0.25) is 10.0 Å². The van der Waals surface area contributed by atoms with Crippen molar-refractivity contribution < 1.29 is 17.9 Å². The first-order valence-corrected chi connectivity index (χ1v) is 10.4. The lowest BCUT2D eigenvalue weighted by Crippen LogP contribution is -2.26.